The second-order valence-corrected chi connectivity index (χ2v) is 4.86. The molecule has 0 aliphatic rings. The van der Waals surface area contributed by atoms with Crippen LogP contribution in [0.15, 0.2) is 18.2 Å². The van der Waals surface area contributed by atoms with E-state index in [0.717, 1.165) is 23.5 Å². The molecule has 0 aliphatic carbocycles. The average Bonchev–Trinajstić information content (AvgIpc) is 2.47. The van der Waals surface area contributed by atoms with Crippen LogP contribution in [0.25, 0.3) is 0 Å². The van der Waals surface area contributed by atoms with Gasteiger partial charge in [-0.25, -0.2) is 0 Å². The first-order valence-electron chi connectivity index (χ1n) is 7.15. The van der Waals surface area contributed by atoms with Gasteiger partial charge in [0.25, 0.3) is 0 Å². The fourth-order valence-corrected chi connectivity index (χ4v) is 2.03. The van der Waals surface area contributed by atoms with E-state index in [-0.39, 0.29) is 6.61 Å². The van der Waals surface area contributed by atoms with Gasteiger partial charge in [0.2, 0.25) is 0 Å². The maximum Gasteiger partial charge on any atom is 0.128 e. The number of methoxy groups -OCH3 is 1. The molecule has 3 heteroatoms. The minimum atomic E-state index is -0.00885. The summed E-state index contributed by atoms with van der Waals surface area (Å²) in [4.78, 5) is 0. The van der Waals surface area contributed by atoms with E-state index in [0.29, 0.717) is 12.5 Å². The van der Waals surface area contributed by atoms with Crippen LogP contribution in [0.4, 0.5) is 0 Å². The Hall–Kier alpha value is -1.22. The molecule has 1 rings (SSSR count). The van der Waals surface area contributed by atoms with Crippen LogP contribution < -0.4 is 9.47 Å². The fraction of sp³-hybridized carbons (Fsp3) is 0.625. The Labute approximate surface area is 116 Å². The van der Waals surface area contributed by atoms with Crippen molar-refractivity contribution in [1.29, 1.82) is 0 Å². The second kappa shape index (κ2) is 8.81. The highest BCUT2D eigenvalue weighted by atomic mass is 16.5. The third kappa shape index (κ3) is 5.11. The number of aliphatic hydroxyl groups excluding tert-OH is 1. The van der Waals surface area contributed by atoms with E-state index >= 15 is 0 Å². The Morgan fingerprint density at radius 3 is 2.63 bits per heavy atom. The molecule has 0 amide bonds. The van der Waals surface area contributed by atoms with Crippen LogP contribution in [0.3, 0.4) is 0 Å². The standard InChI is InChI=1S/C16H26O3/c1-4-6-7-13(5-2)12-19-16-10-15(18-3)9-8-14(16)11-17/h8-10,13,17H,4-7,11-12H2,1-3H3. The third-order valence-electron chi connectivity index (χ3n) is 3.46. The monoisotopic (exact) mass is 266 g/mol. The van der Waals surface area contributed by atoms with E-state index in [9.17, 15) is 5.11 Å². The van der Waals surface area contributed by atoms with Gasteiger partial charge in [-0.1, -0.05) is 33.1 Å². The molecule has 1 unspecified atom stereocenters. The summed E-state index contributed by atoms with van der Waals surface area (Å²) in [5.41, 5.74) is 0.811. The maximum absolute atomic E-state index is 9.33. The number of rotatable bonds is 9. The molecule has 0 bridgehead atoms. The van der Waals surface area contributed by atoms with Crippen LogP contribution in [0.1, 0.15) is 45.1 Å². The summed E-state index contributed by atoms with van der Waals surface area (Å²) in [6.45, 7) is 5.10. The molecule has 1 N–H and O–H groups in total. The summed E-state index contributed by atoms with van der Waals surface area (Å²) >= 11 is 0. The summed E-state index contributed by atoms with van der Waals surface area (Å²) in [5, 5.41) is 9.33. The number of benzene rings is 1. The largest absolute Gasteiger partial charge is 0.497 e. The van der Waals surface area contributed by atoms with Gasteiger partial charge in [-0.3, -0.25) is 0 Å². The lowest BCUT2D eigenvalue weighted by atomic mass is 10.0. The SMILES string of the molecule is CCCCC(CC)COc1cc(OC)ccc1CO. The van der Waals surface area contributed by atoms with E-state index in [2.05, 4.69) is 13.8 Å². The topological polar surface area (TPSA) is 38.7 Å². The van der Waals surface area contributed by atoms with Crippen molar-refractivity contribution in [2.45, 2.75) is 46.1 Å². The minimum Gasteiger partial charge on any atom is -0.497 e. The van der Waals surface area contributed by atoms with Gasteiger partial charge in [0, 0.05) is 11.6 Å². The zero-order valence-corrected chi connectivity index (χ0v) is 12.3. The number of aliphatic hydroxyl groups is 1. The van der Waals surface area contributed by atoms with Gasteiger partial charge in [0.15, 0.2) is 0 Å². The zero-order chi connectivity index (χ0) is 14.1. The van der Waals surface area contributed by atoms with Crippen molar-refractivity contribution in [1.82, 2.24) is 0 Å². The van der Waals surface area contributed by atoms with Crippen molar-refractivity contribution in [3.05, 3.63) is 23.8 Å². The molecular weight excluding hydrogens is 240 g/mol. The van der Waals surface area contributed by atoms with Crippen LogP contribution in [0.5, 0.6) is 11.5 Å². The van der Waals surface area contributed by atoms with E-state index in [1.807, 2.05) is 18.2 Å². The maximum atomic E-state index is 9.33. The molecule has 0 fully saturated rings. The van der Waals surface area contributed by atoms with Gasteiger partial charge in [0.05, 0.1) is 20.3 Å². The first-order valence-corrected chi connectivity index (χ1v) is 7.15. The summed E-state index contributed by atoms with van der Waals surface area (Å²) in [5.74, 6) is 2.07. The highest BCUT2D eigenvalue weighted by Gasteiger charge is 2.10. The molecule has 1 aromatic carbocycles. The van der Waals surface area contributed by atoms with Crippen molar-refractivity contribution in [3.8, 4) is 11.5 Å². The number of hydrogen-bond donors (Lipinski definition) is 1. The van der Waals surface area contributed by atoms with Crippen LogP contribution >= 0.6 is 0 Å². The Morgan fingerprint density at radius 1 is 1.26 bits per heavy atom. The van der Waals surface area contributed by atoms with Crippen LogP contribution in [0, 0.1) is 5.92 Å². The molecule has 19 heavy (non-hydrogen) atoms. The molecule has 0 spiro atoms. The molecule has 1 aromatic rings. The highest BCUT2D eigenvalue weighted by molar-refractivity contribution is 5.40. The zero-order valence-electron chi connectivity index (χ0n) is 12.3. The summed E-state index contributed by atoms with van der Waals surface area (Å²) in [6.07, 6.45) is 4.79. The average molecular weight is 266 g/mol. The molecule has 0 aliphatic heterocycles. The quantitative estimate of drug-likeness (QED) is 0.739. The molecule has 3 nitrogen and oxygen atoms in total. The van der Waals surface area contributed by atoms with Crippen LogP contribution in [-0.2, 0) is 6.61 Å². The van der Waals surface area contributed by atoms with E-state index < -0.39 is 0 Å². The van der Waals surface area contributed by atoms with Gasteiger partial charge in [-0.05, 0) is 24.5 Å². The van der Waals surface area contributed by atoms with Gasteiger partial charge >= 0.3 is 0 Å². The number of hydrogen-bond acceptors (Lipinski definition) is 3. The van der Waals surface area contributed by atoms with Crippen molar-refractivity contribution in [2.75, 3.05) is 13.7 Å². The van der Waals surface area contributed by atoms with Crippen molar-refractivity contribution < 1.29 is 14.6 Å². The first kappa shape index (κ1) is 15.8. The van der Waals surface area contributed by atoms with Gasteiger partial charge < -0.3 is 14.6 Å². The normalized spacial score (nSPS) is 12.2. The molecule has 0 heterocycles. The van der Waals surface area contributed by atoms with Gasteiger partial charge in [-0.15, -0.1) is 0 Å². The Bertz CT molecular complexity index is 363. The lowest BCUT2D eigenvalue weighted by molar-refractivity contribution is 0.220. The van der Waals surface area contributed by atoms with E-state index in [1.54, 1.807) is 7.11 Å². The molecular formula is C16H26O3. The Morgan fingerprint density at radius 2 is 2.05 bits per heavy atom. The molecule has 0 saturated heterocycles. The third-order valence-corrected chi connectivity index (χ3v) is 3.46. The predicted molar refractivity (Wildman–Crippen MR) is 77.7 cm³/mol. The lowest BCUT2D eigenvalue weighted by Crippen LogP contribution is -2.12. The summed E-state index contributed by atoms with van der Waals surface area (Å²) < 4.78 is 11.1. The highest BCUT2D eigenvalue weighted by Crippen LogP contribution is 2.26. The second-order valence-electron chi connectivity index (χ2n) is 4.86. The van der Waals surface area contributed by atoms with Crippen molar-refractivity contribution >= 4 is 0 Å². The van der Waals surface area contributed by atoms with E-state index in [4.69, 9.17) is 9.47 Å². The minimum absolute atomic E-state index is 0.00885. The van der Waals surface area contributed by atoms with Gasteiger partial charge in [0.1, 0.15) is 11.5 Å². The summed E-state index contributed by atoms with van der Waals surface area (Å²) in [6, 6.07) is 5.53. The molecule has 0 radical (unpaired) electrons. The molecule has 0 saturated carbocycles. The predicted octanol–water partition coefficient (Wildman–Crippen LogP) is 3.78. The molecule has 1 atom stereocenters. The molecule has 108 valence electrons. The Balaban J connectivity index is 2.63. The molecule has 0 aromatic heterocycles. The smallest absolute Gasteiger partial charge is 0.128 e. The summed E-state index contributed by atoms with van der Waals surface area (Å²) in [7, 11) is 1.63. The van der Waals surface area contributed by atoms with E-state index in [1.165, 1.54) is 19.3 Å². The van der Waals surface area contributed by atoms with Crippen molar-refractivity contribution in [2.24, 2.45) is 5.92 Å². The number of ether oxygens (including phenoxy) is 2. The van der Waals surface area contributed by atoms with Crippen LogP contribution in [0.2, 0.25) is 0 Å². The fourth-order valence-electron chi connectivity index (χ4n) is 2.03. The van der Waals surface area contributed by atoms with Crippen LogP contribution in [-0.4, -0.2) is 18.8 Å². The number of unbranched alkanes of at least 4 members (excludes halogenated alkanes) is 1. The Kier molecular flexibility index (Phi) is 7.34. The van der Waals surface area contributed by atoms with Gasteiger partial charge in [-0.2, -0.15) is 0 Å². The lowest BCUT2D eigenvalue weighted by Gasteiger charge is -2.17. The van der Waals surface area contributed by atoms with Crippen molar-refractivity contribution in [3.63, 3.8) is 0 Å². The first-order chi connectivity index (χ1) is 9.24.